The molecule has 1 unspecified atom stereocenters. The van der Waals surface area contributed by atoms with E-state index in [1.807, 2.05) is 0 Å². The van der Waals surface area contributed by atoms with E-state index in [2.05, 4.69) is 203 Å². The molecule has 3 heterocycles. The molecule has 3 heteroatoms. The van der Waals surface area contributed by atoms with Gasteiger partial charge in [0.1, 0.15) is 0 Å². The zero-order chi connectivity index (χ0) is 33.0. The second-order valence-corrected chi connectivity index (χ2v) is 13.1. The van der Waals surface area contributed by atoms with E-state index in [0.29, 0.717) is 0 Å². The van der Waals surface area contributed by atoms with Crippen molar-refractivity contribution in [3.05, 3.63) is 205 Å². The fourth-order valence-corrected chi connectivity index (χ4v) is 7.86. The predicted octanol–water partition coefficient (Wildman–Crippen LogP) is 11.6. The van der Waals surface area contributed by atoms with Crippen molar-refractivity contribution in [3.63, 3.8) is 0 Å². The van der Waals surface area contributed by atoms with Crippen LogP contribution in [0.5, 0.6) is 0 Å². The summed E-state index contributed by atoms with van der Waals surface area (Å²) in [7, 11) is 0. The molecular formula is C47H33N3. The molecule has 1 aliphatic rings. The normalized spacial score (nSPS) is 14.6. The molecule has 7 aromatic carbocycles. The lowest BCUT2D eigenvalue weighted by Crippen LogP contribution is -2.22. The molecular weight excluding hydrogens is 607 g/mol. The molecule has 0 bridgehead atoms. The van der Waals surface area contributed by atoms with Crippen LogP contribution in [0.3, 0.4) is 0 Å². The van der Waals surface area contributed by atoms with Crippen LogP contribution in [-0.2, 0) is 0 Å². The Morgan fingerprint density at radius 1 is 0.400 bits per heavy atom. The first-order valence-corrected chi connectivity index (χ1v) is 17.2. The summed E-state index contributed by atoms with van der Waals surface area (Å²) >= 11 is 0. The molecule has 0 aliphatic carbocycles. The van der Waals surface area contributed by atoms with Gasteiger partial charge in [0, 0.05) is 38.6 Å². The summed E-state index contributed by atoms with van der Waals surface area (Å²) in [6, 6.07) is 63.4. The maximum Gasteiger partial charge on any atom is 0.0707 e. The van der Waals surface area contributed by atoms with Crippen molar-refractivity contribution in [1.29, 1.82) is 0 Å². The SMILES string of the molecule is C1=C(c2ccccc2)C=C(c2cccc(-n3c4ccccc4c4ccccc43)c2)NC1c1cccc(-n2c3ccccc3c3ccccc32)c1. The van der Waals surface area contributed by atoms with E-state index >= 15 is 0 Å². The molecule has 3 nitrogen and oxygen atoms in total. The highest BCUT2D eigenvalue weighted by Gasteiger charge is 2.21. The summed E-state index contributed by atoms with van der Waals surface area (Å²) in [4.78, 5) is 0. The topological polar surface area (TPSA) is 21.9 Å². The van der Waals surface area contributed by atoms with Gasteiger partial charge in [0.25, 0.3) is 0 Å². The Bertz CT molecular complexity index is 2690. The minimum atomic E-state index is -0.0323. The zero-order valence-electron chi connectivity index (χ0n) is 27.4. The number of hydrogen-bond acceptors (Lipinski definition) is 1. The van der Waals surface area contributed by atoms with Crippen molar-refractivity contribution in [1.82, 2.24) is 14.5 Å². The van der Waals surface area contributed by atoms with Crippen molar-refractivity contribution in [2.24, 2.45) is 0 Å². The molecule has 50 heavy (non-hydrogen) atoms. The van der Waals surface area contributed by atoms with Crippen molar-refractivity contribution in [3.8, 4) is 11.4 Å². The van der Waals surface area contributed by atoms with Crippen molar-refractivity contribution in [2.45, 2.75) is 6.04 Å². The summed E-state index contributed by atoms with van der Waals surface area (Å²) < 4.78 is 4.78. The van der Waals surface area contributed by atoms with Gasteiger partial charge in [0.2, 0.25) is 0 Å². The Kier molecular flexibility index (Phi) is 6.56. The zero-order valence-corrected chi connectivity index (χ0v) is 27.4. The molecule has 9 aromatic rings. The Morgan fingerprint density at radius 3 is 1.42 bits per heavy atom. The van der Waals surface area contributed by atoms with Gasteiger partial charge in [-0.1, -0.05) is 127 Å². The second-order valence-electron chi connectivity index (χ2n) is 13.1. The minimum absolute atomic E-state index is 0.0323. The second kappa shape index (κ2) is 11.5. The van der Waals surface area contributed by atoms with E-state index in [0.717, 1.165) is 22.6 Å². The van der Waals surface area contributed by atoms with Gasteiger partial charge in [-0.25, -0.2) is 0 Å². The summed E-state index contributed by atoms with van der Waals surface area (Å²) in [6.45, 7) is 0. The number of rotatable bonds is 5. The van der Waals surface area contributed by atoms with E-state index in [-0.39, 0.29) is 6.04 Å². The van der Waals surface area contributed by atoms with Crippen LogP contribution in [0.2, 0.25) is 0 Å². The van der Waals surface area contributed by atoms with Crippen LogP contribution in [0, 0.1) is 0 Å². The van der Waals surface area contributed by atoms with Crippen LogP contribution in [-0.4, -0.2) is 9.13 Å². The van der Waals surface area contributed by atoms with E-state index in [1.165, 1.54) is 60.3 Å². The number of aromatic nitrogens is 2. The van der Waals surface area contributed by atoms with E-state index in [1.54, 1.807) is 0 Å². The Labute approximate surface area is 290 Å². The van der Waals surface area contributed by atoms with Gasteiger partial charge in [-0.05, 0) is 82.9 Å². The monoisotopic (exact) mass is 639 g/mol. The number of hydrogen-bond donors (Lipinski definition) is 1. The molecule has 0 amide bonds. The minimum Gasteiger partial charge on any atom is -0.374 e. The predicted molar refractivity (Wildman–Crippen MR) is 210 cm³/mol. The fraction of sp³-hybridized carbons (Fsp3) is 0.0213. The highest BCUT2D eigenvalue weighted by Crippen LogP contribution is 2.37. The molecule has 0 saturated carbocycles. The lowest BCUT2D eigenvalue weighted by atomic mass is 9.93. The summed E-state index contributed by atoms with van der Waals surface area (Å²) in [5, 5.41) is 9.01. The molecule has 0 radical (unpaired) electrons. The first-order chi connectivity index (χ1) is 24.8. The van der Waals surface area contributed by atoms with Crippen molar-refractivity contribution >= 4 is 54.9 Å². The van der Waals surface area contributed by atoms with Crippen LogP contribution in [0.15, 0.2) is 188 Å². The quantitative estimate of drug-likeness (QED) is 0.199. The Balaban J connectivity index is 1.10. The number of allylic oxidation sites excluding steroid dienone is 2. The fourth-order valence-electron chi connectivity index (χ4n) is 7.86. The third-order valence-corrected chi connectivity index (χ3v) is 10.1. The summed E-state index contributed by atoms with van der Waals surface area (Å²) in [6.07, 6.45) is 4.66. The van der Waals surface area contributed by atoms with Gasteiger partial charge in [0.05, 0.1) is 28.1 Å². The average molecular weight is 640 g/mol. The van der Waals surface area contributed by atoms with Gasteiger partial charge in [0.15, 0.2) is 0 Å². The van der Waals surface area contributed by atoms with E-state index < -0.39 is 0 Å². The average Bonchev–Trinajstić information content (AvgIpc) is 3.71. The number of nitrogens with zero attached hydrogens (tertiary/aromatic N) is 2. The van der Waals surface area contributed by atoms with Crippen LogP contribution < -0.4 is 5.32 Å². The van der Waals surface area contributed by atoms with Crippen LogP contribution in [0.4, 0.5) is 0 Å². The van der Waals surface area contributed by atoms with E-state index in [4.69, 9.17) is 0 Å². The molecule has 0 spiro atoms. The lowest BCUT2D eigenvalue weighted by Gasteiger charge is -2.26. The standard InChI is InChI=1S/C47H33N3/c1-2-14-32(15-3-1)35-30-42(33-16-12-18-36(28-33)49-44-24-8-4-20-38(44)39-21-5-9-25-45(39)49)48-43(31-35)34-17-13-19-37(29-34)50-46-26-10-6-22-40(46)41-23-7-11-27-47(41)50/h1-31,42,48H. The highest BCUT2D eigenvalue weighted by atomic mass is 15.0. The smallest absolute Gasteiger partial charge is 0.0707 e. The molecule has 1 aliphatic heterocycles. The van der Waals surface area contributed by atoms with Crippen LogP contribution >= 0.6 is 0 Å². The number of dihydropyridines is 1. The molecule has 1 atom stereocenters. The van der Waals surface area contributed by atoms with Gasteiger partial charge >= 0.3 is 0 Å². The summed E-state index contributed by atoms with van der Waals surface area (Å²) in [5.41, 5.74) is 13.0. The maximum absolute atomic E-state index is 3.95. The van der Waals surface area contributed by atoms with Gasteiger partial charge < -0.3 is 14.5 Å². The first-order valence-electron chi connectivity index (χ1n) is 17.2. The van der Waals surface area contributed by atoms with Crippen LogP contribution in [0.1, 0.15) is 22.7 Å². The number of nitrogens with one attached hydrogen (secondary N) is 1. The molecule has 236 valence electrons. The molecule has 0 fully saturated rings. The van der Waals surface area contributed by atoms with Crippen molar-refractivity contribution in [2.75, 3.05) is 0 Å². The molecule has 2 aromatic heterocycles. The lowest BCUT2D eigenvalue weighted by molar-refractivity contribution is 0.765. The third-order valence-electron chi connectivity index (χ3n) is 10.1. The molecule has 0 saturated heterocycles. The molecule has 10 rings (SSSR count). The third kappa shape index (κ3) is 4.59. The first kappa shape index (κ1) is 28.4. The maximum atomic E-state index is 3.95. The van der Waals surface area contributed by atoms with Crippen LogP contribution in [0.25, 0.3) is 66.3 Å². The van der Waals surface area contributed by atoms with E-state index in [9.17, 15) is 0 Å². The number of fused-ring (bicyclic) bond motifs is 6. The van der Waals surface area contributed by atoms with Gasteiger partial charge in [-0.15, -0.1) is 0 Å². The Hall–Kier alpha value is -6.58. The largest absolute Gasteiger partial charge is 0.374 e. The van der Waals surface area contributed by atoms with Gasteiger partial charge in [-0.2, -0.15) is 0 Å². The Morgan fingerprint density at radius 2 is 0.860 bits per heavy atom. The van der Waals surface area contributed by atoms with Crippen molar-refractivity contribution < 1.29 is 0 Å². The number of benzene rings is 7. The highest BCUT2D eigenvalue weighted by molar-refractivity contribution is 6.10. The summed E-state index contributed by atoms with van der Waals surface area (Å²) in [5.74, 6) is 0. The molecule has 1 N–H and O–H groups in total. The number of para-hydroxylation sites is 4. The van der Waals surface area contributed by atoms with Gasteiger partial charge in [-0.3, -0.25) is 0 Å².